The van der Waals surface area contributed by atoms with Crippen molar-refractivity contribution in [1.82, 2.24) is 10.6 Å². The van der Waals surface area contributed by atoms with E-state index < -0.39 is 0 Å². The molecule has 0 spiro atoms. The number of carbonyl (C=O) groups is 1. The quantitative estimate of drug-likeness (QED) is 0.679. The van der Waals surface area contributed by atoms with E-state index in [2.05, 4.69) is 24.5 Å². The van der Waals surface area contributed by atoms with E-state index in [4.69, 9.17) is 4.74 Å². The zero-order valence-electron chi connectivity index (χ0n) is 12.7. The SMILES string of the molecule is CCNCCNC(=O)Cc1ccc(OCC(C)C)cc1. The summed E-state index contributed by atoms with van der Waals surface area (Å²) in [6, 6.07) is 7.73. The summed E-state index contributed by atoms with van der Waals surface area (Å²) in [4.78, 5) is 11.7. The van der Waals surface area contributed by atoms with Crippen LogP contribution in [0.5, 0.6) is 5.75 Å². The minimum atomic E-state index is 0.0544. The number of ether oxygens (including phenoxy) is 1. The standard InChI is InChI=1S/C16H26N2O2/c1-4-17-9-10-18-16(19)11-14-5-7-15(8-6-14)20-12-13(2)3/h5-8,13,17H,4,9-12H2,1-3H3,(H,18,19). The van der Waals surface area contributed by atoms with Gasteiger partial charge in [0.25, 0.3) is 0 Å². The first-order chi connectivity index (χ1) is 9.61. The second-order valence-electron chi connectivity index (χ2n) is 5.23. The van der Waals surface area contributed by atoms with E-state index in [9.17, 15) is 4.79 Å². The molecule has 1 aromatic rings. The fraction of sp³-hybridized carbons (Fsp3) is 0.562. The van der Waals surface area contributed by atoms with Gasteiger partial charge < -0.3 is 15.4 Å². The molecule has 0 fully saturated rings. The Morgan fingerprint density at radius 3 is 2.50 bits per heavy atom. The summed E-state index contributed by atoms with van der Waals surface area (Å²) in [7, 11) is 0. The van der Waals surface area contributed by atoms with Crippen LogP contribution < -0.4 is 15.4 Å². The Labute approximate surface area is 121 Å². The van der Waals surface area contributed by atoms with Gasteiger partial charge in [0, 0.05) is 13.1 Å². The summed E-state index contributed by atoms with van der Waals surface area (Å²) in [6.45, 7) is 9.40. The Morgan fingerprint density at radius 1 is 1.20 bits per heavy atom. The third kappa shape index (κ3) is 7.14. The molecule has 0 aliphatic carbocycles. The van der Waals surface area contributed by atoms with Crippen LogP contribution >= 0.6 is 0 Å². The maximum Gasteiger partial charge on any atom is 0.224 e. The minimum Gasteiger partial charge on any atom is -0.493 e. The van der Waals surface area contributed by atoms with E-state index in [1.54, 1.807) is 0 Å². The molecule has 0 heterocycles. The van der Waals surface area contributed by atoms with E-state index in [0.29, 0.717) is 25.5 Å². The van der Waals surface area contributed by atoms with Gasteiger partial charge in [0.1, 0.15) is 5.75 Å². The van der Waals surface area contributed by atoms with Crippen molar-refractivity contribution < 1.29 is 9.53 Å². The Morgan fingerprint density at radius 2 is 1.90 bits per heavy atom. The highest BCUT2D eigenvalue weighted by Crippen LogP contribution is 2.13. The number of benzene rings is 1. The predicted octanol–water partition coefficient (Wildman–Crippen LogP) is 1.99. The van der Waals surface area contributed by atoms with E-state index in [-0.39, 0.29) is 5.91 Å². The summed E-state index contributed by atoms with van der Waals surface area (Å²) in [6.07, 6.45) is 0.413. The van der Waals surface area contributed by atoms with E-state index in [0.717, 1.165) is 24.4 Å². The smallest absolute Gasteiger partial charge is 0.224 e. The van der Waals surface area contributed by atoms with Crippen LogP contribution in [0.1, 0.15) is 26.3 Å². The van der Waals surface area contributed by atoms with Crippen molar-refractivity contribution in [2.45, 2.75) is 27.2 Å². The normalized spacial score (nSPS) is 10.6. The molecule has 1 aromatic carbocycles. The van der Waals surface area contributed by atoms with Gasteiger partial charge in [-0.2, -0.15) is 0 Å². The highest BCUT2D eigenvalue weighted by molar-refractivity contribution is 5.78. The van der Waals surface area contributed by atoms with Gasteiger partial charge in [0.05, 0.1) is 13.0 Å². The Kier molecular flexibility index (Phi) is 7.73. The fourth-order valence-electron chi connectivity index (χ4n) is 1.68. The average Bonchev–Trinajstić information content (AvgIpc) is 2.43. The lowest BCUT2D eigenvalue weighted by Crippen LogP contribution is -2.32. The third-order valence-electron chi connectivity index (χ3n) is 2.75. The number of amides is 1. The predicted molar refractivity (Wildman–Crippen MR) is 82.0 cm³/mol. The summed E-state index contributed by atoms with van der Waals surface area (Å²) in [5, 5.41) is 6.05. The number of likely N-dealkylation sites (N-methyl/N-ethyl adjacent to an activating group) is 1. The van der Waals surface area contributed by atoms with Crippen molar-refractivity contribution in [3.05, 3.63) is 29.8 Å². The van der Waals surface area contributed by atoms with Crippen molar-refractivity contribution in [2.75, 3.05) is 26.2 Å². The van der Waals surface area contributed by atoms with Gasteiger partial charge >= 0.3 is 0 Å². The molecule has 0 aliphatic heterocycles. The Hall–Kier alpha value is -1.55. The van der Waals surface area contributed by atoms with Crippen molar-refractivity contribution >= 4 is 5.91 Å². The molecule has 0 atom stereocenters. The van der Waals surface area contributed by atoms with E-state index in [1.807, 2.05) is 31.2 Å². The number of carbonyl (C=O) groups excluding carboxylic acids is 1. The number of hydrogen-bond acceptors (Lipinski definition) is 3. The van der Waals surface area contributed by atoms with Crippen molar-refractivity contribution in [3.8, 4) is 5.75 Å². The van der Waals surface area contributed by atoms with Crippen LogP contribution in [0.25, 0.3) is 0 Å². The van der Waals surface area contributed by atoms with Crippen molar-refractivity contribution in [3.63, 3.8) is 0 Å². The largest absolute Gasteiger partial charge is 0.493 e. The molecule has 1 amide bonds. The molecule has 0 bridgehead atoms. The van der Waals surface area contributed by atoms with Gasteiger partial charge in [-0.3, -0.25) is 4.79 Å². The molecular weight excluding hydrogens is 252 g/mol. The minimum absolute atomic E-state index is 0.0544. The second kappa shape index (κ2) is 9.37. The van der Waals surface area contributed by atoms with E-state index in [1.165, 1.54) is 0 Å². The number of hydrogen-bond donors (Lipinski definition) is 2. The maximum absolute atomic E-state index is 11.7. The second-order valence-corrected chi connectivity index (χ2v) is 5.23. The topological polar surface area (TPSA) is 50.4 Å². The molecule has 1 rings (SSSR count). The highest BCUT2D eigenvalue weighted by atomic mass is 16.5. The van der Waals surface area contributed by atoms with Crippen LogP contribution in [0.4, 0.5) is 0 Å². The van der Waals surface area contributed by atoms with Crippen LogP contribution in [-0.4, -0.2) is 32.1 Å². The molecule has 20 heavy (non-hydrogen) atoms. The monoisotopic (exact) mass is 278 g/mol. The fourth-order valence-corrected chi connectivity index (χ4v) is 1.68. The van der Waals surface area contributed by atoms with Crippen molar-refractivity contribution in [1.29, 1.82) is 0 Å². The third-order valence-corrected chi connectivity index (χ3v) is 2.75. The van der Waals surface area contributed by atoms with Gasteiger partial charge in [-0.05, 0) is 30.2 Å². The summed E-state index contributed by atoms with van der Waals surface area (Å²) < 4.78 is 5.61. The van der Waals surface area contributed by atoms with Gasteiger partial charge in [-0.25, -0.2) is 0 Å². The van der Waals surface area contributed by atoms with Crippen LogP contribution in [-0.2, 0) is 11.2 Å². The number of rotatable bonds is 9. The van der Waals surface area contributed by atoms with Gasteiger partial charge in [-0.1, -0.05) is 32.9 Å². The van der Waals surface area contributed by atoms with Gasteiger partial charge in [-0.15, -0.1) is 0 Å². The summed E-state index contributed by atoms with van der Waals surface area (Å²) in [5.74, 6) is 1.42. The number of nitrogens with one attached hydrogen (secondary N) is 2. The molecule has 0 radical (unpaired) electrons. The molecule has 112 valence electrons. The van der Waals surface area contributed by atoms with Crippen molar-refractivity contribution in [2.24, 2.45) is 5.92 Å². The molecule has 4 nitrogen and oxygen atoms in total. The van der Waals surface area contributed by atoms with Crippen LogP contribution in [0.2, 0.25) is 0 Å². The molecule has 0 saturated carbocycles. The van der Waals surface area contributed by atoms with Gasteiger partial charge in [0.15, 0.2) is 0 Å². The van der Waals surface area contributed by atoms with Gasteiger partial charge in [0.2, 0.25) is 5.91 Å². The first-order valence-corrected chi connectivity index (χ1v) is 7.31. The Bertz CT molecular complexity index is 388. The molecule has 2 N–H and O–H groups in total. The Balaban J connectivity index is 2.31. The highest BCUT2D eigenvalue weighted by Gasteiger charge is 2.03. The lowest BCUT2D eigenvalue weighted by Gasteiger charge is -2.09. The van der Waals surface area contributed by atoms with Crippen LogP contribution in [0.15, 0.2) is 24.3 Å². The van der Waals surface area contributed by atoms with E-state index >= 15 is 0 Å². The molecule has 4 heteroatoms. The molecule has 0 aliphatic rings. The molecule has 0 aromatic heterocycles. The maximum atomic E-state index is 11.7. The first kappa shape index (κ1) is 16.5. The first-order valence-electron chi connectivity index (χ1n) is 7.31. The molecule has 0 saturated heterocycles. The van der Waals surface area contributed by atoms with Crippen LogP contribution in [0, 0.1) is 5.92 Å². The molecular formula is C16H26N2O2. The average molecular weight is 278 g/mol. The molecule has 0 unspecified atom stereocenters. The zero-order valence-corrected chi connectivity index (χ0v) is 12.7. The summed E-state index contributed by atoms with van der Waals surface area (Å²) >= 11 is 0. The summed E-state index contributed by atoms with van der Waals surface area (Å²) in [5.41, 5.74) is 1.00. The lowest BCUT2D eigenvalue weighted by atomic mass is 10.1. The lowest BCUT2D eigenvalue weighted by molar-refractivity contribution is -0.120. The zero-order chi connectivity index (χ0) is 14.8. The van der Waals surface area contributed by atoms with Crippen LogP contribution in [0.3, 0.4) is 0 Å².